The highest BCUT2D eigenvalue weighted by atomic mass is 32.2. The Hall–Kier alpha value is -1.60. The number of amides is 1. The third-order valence-corrected chi connectivity index (χ3v) is 4.09. The number of hydrogen-bond donors (Lipinski definition) is 2. The Bertz CT molecular complexity index is 542. The first-order valence-electron chi connectivity index (χ1n) is 5.20. The van der Waals surface area contributed by atoms with Gasteiger partial charge in [-0.3, -0.25) is 4.79 Å². The van der Waals surface area contributed by atoms with Crippen molar-refractivity contribution in [2.45, 2.75) is 11.3 Å². The van der Waals surface area contributed by atoms with E-state index < -0.39 is 0 Å². The Morgan fingerprint density at radius 3 is 3.06 bits per heavy atom. The van der Waals surface area contributed by atoms with E-state index in [-0.39, 0.29) is 5.91 Å². The summed E-state index contributed by atoms with van der Waals surface area (Å²) in [6, 6.07) is 5.46. The number of aryl methyl sites for hydroxylation is 1. The van der Waals surface area contributed by atoms with Gasteiger partial charge in [-0.2, -0.15) is 0 Å². The minimum Gasteiger partial charge on any atom is -0.398 e. The maximum atomic E-state index is 11.7. The summed E-state index contributed by atoms with van der Waals surface area (Å²) in [4.78, 5) is 11.7. The first-order valence-corrected chi connectivity index (χ1v) is 7.06. The van der Waals surface area contributed by atoms with Gasteiger partial charge < -0.3 is 11.1 Å². The number of rotatable bonds is 4. The number of nitrogens with one attached hydrogen (secondary N) is 1. The first-order chi connectivity index (χ1) is 8.65. The van der Waals surface area contributed by atoms with Crippen molar-refractivity contribution in [3.63, 3.8) is 0 Å². The van der Waals surface area contributed by atoms with Crippen molar-refractivity contribution in [3.8, 4) is 0 Å². The zero-order valence-electron chi connectivity index (χ0n) is 9.71. The predicted molar refractivity (Wildman–Crippen MR) is 74.9 cm³/mol. The Morgan fingerprint density at radius 2 is 2.39 bits per heavy atom. The predicted octanol–water partition coefficient (Wildman–Crippen LogP) is 2.16. The highest BCUT2D eigenvalue weighted by Gasteiger charge is 2.06. The van der Waals surface area contributed by atoms with Gasteiger partial charge >= 0.3 is 0 Å². The summed E-state index contributed by atoms with van der Waals surface area (Å²) >= 11 is 2.78. The van der Waals surface area contributed by atoms with Gasteiger partial charge in [0.1, 0.15) is 5.51 Å². The fraction of sp³-hybridized carbons (Fsp3) is 0.182. The van der Waals surface area contributed by atoms with Crippen LogP contribution in [0.15, 0.2) is 28.0 Å². The summed E-state index contributed by atoms with van der Waals surface area (Å²) in [5, 5.41) is 10.3. The minimum atomic E-state index is -0.0848. The number of aromatic nitrogens is 2. The lowest BCUT2D eigenvalue weighted by Crippen LogP contribution is -2.14. The molecule has 94 valence electrons. The smallest absolute Gasteiger partial charge is 0.234 e. The van der Waals surface area contributed by atoms with Crippen LogP contribution in [0.25, 0.3) is 0 Å². The van der Waals surface area contributed by atoms with Crippen LogP contribution >= 0.6 is 23.1 Å². The fourth-order valence-electron chi connectivity index (χ4n) is 1.27. The molecule has 2 aromatic rings. The highest BCUT2D eigenvalue weighted by Crippen LogP contribution is 2.20. The number of carbonyl (C=O) groups excluding carboxylic acids is 1. The number of nitrogens with two attached hydrogens (primary N) is 1. The Balaban J connectivity index is 1.88. The average molecular weight is 280 g/mol. The SMILES string of the molecule is Cc1ccc(NC(=O)CSc2nncs2)cc1N. The van der Waals surface area contributed by atoms with Crippen molar-refractivity contribution in [1.82, 2.24) is 10.2 Å². The van der Waals surface area contributed by atoms with E-state index in [1.54, 1.807) is 11.6 Å². The lowest BCUT2D eigenvalue weighted by molar-refractivity contribution is -0.113. The van der Waals surface area contributed by atoms with Crippen molar-refractivity contribution in [1.29, 1.82) is 0 Å². The number of carbonyl (C=O) groups is 1. The summed E-state index contributed by atoms with van der Waals surface area (Å²) in [5.41, 5.74) is 9.79. The zero-order valence-corrected chi connectivity index (χ0v) is 11.3. The number of nitrogens with zero attached hydrogens (tertiary/aromatic N) is 2. The van der Waals surface area contributed by atoms with Gasteiger partial charge in [-0.15, -0.1) is 10.2 Å². The van der Waals surface area contributed by atoms with Gasteiger partial charge in [0.05, 0.1) is 5.75 Å². The van der Waals surface area contributed by atoms with Crippen LogP contribution in [0.2, 0.25) is 0 Å². The van der Waals surface area contributed by atoms with Crippen LogP contribution in [0.3, 0.4) is 0 Å². The van der Waals surface area contributed by atoms with E-state index in [2.05, 4.69) is 15.5 Å². The van der Waals surface area contributed by atoms with Gasteiger partial charge in [-0.05, 0) is 24.6 Å². The molecule has 0 bridgehead atoms. The number of hydrogen-bond acceptors (Lipinski definition) is 6. The second kappa shape index (κ2) is 5.83. The Morgan fingerprint density at radius 1 is 1.56 bits per heavy atom. The lowest BCUT2D eigenvalue weighted by atomic mass is 10.2. The maximum Gasteiger partial charge on any atom is 0.234 e. The van der Waals surface area contributed by atoms with Gasteiger partial charge in [-0.25, -0.2) is 0 Å². The molecule has 5 nitrogen and oxygen atoms in total. The molecule has 0 radical (unpaired) electrons. The van der Waals surface area contributed by atoms with E-state index in [9.17, 15) is 4.79 Å². The third kappa shape index (κ3) is 3.44. The summed E-state index contributed by atoms with van der Waals surface area (Å²) in [7, 11) is 0. The van der Waals surface area contributed by atoms with E-state index in [1.165, 1.54) is 23.1 Å². The topological polar surface area (TPSA) is 80.9 Å². The van der Waals surface area contributed by atoms with Crippen LogP contribution in [0.4, 0.5) is 11.4 Å². The third-order valence-electron chi connectivity index (χ3n) is 2.23. The maximum absolute atomic E-state index is 11.7. The van der Waals surface area contributed by atoms with Crippen molar-refractivity contribution in [3.05, 3.63) is 29.3 Å². The highest BCUT2D eigenvalue weighted by molar-refractivity contribution is 8.01. The summed E-state index contributed by atoms with van der Waals surface area (Å²) in [6.45, 7) is 1.92. The van der Waals surface area contributed by atoms with Crippen LogP contribution in [0, 0.1) is 6.92 Å². The molecule has 7 heteroatoms. The van der Waals surface area contributed by atoms with E-state index in [0.717, 1.165) is 9.90 Å². The molecule has 0 saturated carbocycles. The molecule has 1 aromatic carbocycles. The Labute approximate surface area is 113 Å². The van der Waals surface area contributed by atoms with E-state index >= 15 is 0 Å². The van der Waals surface area contributed by atoms with Crippen LogP contribution in [-0.4, -0.2) is 21.9 Å². The average Bonchev–Trinajstić information content (AvgIpc) is 2.84. The molecule has 0 spiro atoms. The summed E-state index contributed by atoms with van der Waals surface area (Å²) in [5.74, 6) is 0.224. The van der Waals surface area contributed by atoms with Crippen LogP contribution < -0.4 is 11.1 Å². The molecule has 3 N–H and O–H groups in total. The number of benzene rings is 1. The Kier molecular flexibility index (Phi) is 4.16. The zero-order chi connectivity index (χ0) is 13.0. The van der Waals surface area contributed by atoms with E-state index in [4.69, 9.17) is 5.73 Å². The normalized spacial score (nSPS) is 10.3. The molecule has 18 heavy (non-hydrogen) atoms. The number of anilines is 2. The lowest BCUT2D eigenvalue weighted by Gasteiger charge is -2.06. The second-order valence-corrected chi connectivity index (χ2v) is 5.67. The van der Waals surface area contributed by atoms with Gasteiger partial charge in [0.2, 0.25) is 5.91 Å². The molecule has 0 aliphatic heterocycles. The van der Waals surface area contributed by atoms with Crippen molar-refractivity contribution < 1.29 is 4.79 Å². The summed E-state index contributed by atoms with van der Waals surface area (Å²) in [6.07, 6.45) is 0. The van der Waals surface area contributed by atoms with Crippen LogP contribution in [-0.2, 0) is 4.79 Å². The molecule has 0 aliphatic rings. The molecule has 1 heterocycles. The fourth-order valence-corrected chi connectivity index (χ4v) is 2.56. The molecule has 0 fully saturated rings. The molecule has 0 unspecified atom stereocenters. The molecular formula is C11H12N4OS2. The second-order valence-electron chi connectivity index (χ2n) is 3.61. The number of nitrogen functional groups attached to an aromatic ring is 1. The molecule has 0 saturated heterocycles. The standard InChI is InChI=1S/C11H12N4OS2/c1-7-2-3-8(4-9(7)12)14-10(16)5-17-11-15-13-6-18-11/h2-4,6H,5,12H2,1H3,(H,14,16). The van der Waals surface area contributed by atoms with Crippen LogP contribution in [0.5, 0.6) is 0 Å². The first kappa shape index (κ1) is 12.8. The molecule has 0 aliphatic carbocycles. The number of thioether (sulfide) groups is 1. The molecule has 1 amide bonds. The monoisotopic (exact) mass is 280 g/mol. The summed E-state index contributed by atoms with van der Waals surface area (Å²) < 4.78 is 0.786. The molecule has 0 atom stereocenters. The largest absolute Gasteiger partial charge is 0.398 e. The minimum absolute atomic E-state index is 0.0848. The molecule has 2 rings (SSSR count). The van der Waals surface area contributed by atoms with Gasteiger partial charge in [0.25, 0.3) is 0 Å². The van der Waals surface area contributed by atoms with Crippen molar-refractivity contribution in [2.24, 2.45) is 0 Å². The van der Waals surface area contributed by atoms with E-state index in [0.29, 0.717) is 17.1 Å². The molecular weight excluding hydrogens is 268 g/mol. The molecule has 1 aromatic heterocycles. The van der Waals surface area contributed by atoms with Crippen LogP contribution in [0.1, 0.15) is 5.56 Å². The van der Waals surface area contributed by atoms with Crippen molar-refractivity contribution >= 4 is 40.4 Å². The van der Waals surface area contributed by atoms with E-state index in [1.807, 2.05) is 19.1 Å². The van der Waals surface area contributed by atoms with Gasteiger partial charge in [-0.1, -0.05) is 29.2 Å². The quantitative estimate of drug-likeness (QED) is 0.662. The van der Waals surface area contributed by atoms with Crippen molar-refractivity contribution in [2.75, 3.05) is 16.8 Å². The van der Waals surface area contributed by atoms with Gasteiger partial charge in [0.15, 0.2) is 4.34 Å². The van der Waals surface area contributed by atoms with Gasteiger partial charge in [0, 0.05) is 11.4 Å².